The molecule has 0 saturated carbocycles. The molecule has 2 fully saturated rings. The Kier molecular flexibility index (Phi) is 5.71. The van der Waals surface area contributed by atoms with Gasteiger partial charge >= 0.3 is 6.03 Å². The summed E-state index contributed by atoms with van der Waals surface area (Å²) in [6, 6.07) is 6.62. The molecule has 3 heterocycles. The number of carbonyl (C=O) groups excluding carboxylic acids is 2. The first-order valence-electron chi connectivity index (χ1n) is 10.1. The summed E-state index contributed by atoms with van der Waals surface area (Å²) in [5.74, 6) is 0.461. The van der Waals surface area contributed by atoms with Gasteiger partial charge in [-0.05, 0) is 24.6 Å². The van der Waals surface area contributed by atoms with Gasteiger partial charge in [-0.15, -0.1) is 0 Å². The minimum atomic E-state index is -0.549. The average Bonchev–Trinajstić information content (AvgIpc) is 3.08. The van der Waals surface area contributed by atoms with Gasteiger partial charge in [0.05, 0.1) is 0 Å². The van der Waals surface area contributed by atoms with Crippen molar-refractivity contribution in [3.8, 4) is 0 Å². The summed E-state index contributed by atoms with van der Waals surface area (Å²) in [6.07, 6.45) is -0.526. The fraction of sp³-hybridized carbons (Fsp3) is 0.476. The van der Waals surface area contributed by atoms with E-state index in [4.69, 9.17) is 16.6 Å². The van der Waals surface area contributed by atoms with Crippen LogP contribution in [0.25, 0.3) is 0 Å². The molecule has 0 bridgehead atoms. The predicted octanol–water partition coefficient (Wildman–Crippen LogP) is 1.58. The maximum absolute atomic E-state index is 12.8. The molecule has 3 aliphatic heterocycles. The molecule has 3 aliphatic rings. The van der Waals surface area contributed by atoms with Gasteiger partial charge in [-0.1, -0.05) is 35.9 Å². The number of likely N-dealkylation sites (N-methyl/N-ethyl adjacent to an activating group) is 1. The standard InChI is InChI=1S/C21H27ClN6O2/c1-14(2)12-26-8-10-27(11-9-26)20-23-18-17(19(29)24-21(30)25(18)3)28(20)13-15-4-6-16(22)7-5-15/h4-7,17-18H,1,8-13H2,2-3H3,(H,24,29,30). The molecule has 0 radical (unpaired) electrons. The molecule has 30 heavy (non-hydrogen) atoms. The summed E-state index contributed by atoms with van der Waals surface area (Å²) in [4.78, 5) is 37.9. The lowest BCUT2D eigenvalue weighted by Crippen LogP contribution is -2.64. The van der Waals surface area contributed by atoms with Crippen molar-refractivity contribution < 1.29 is 9.59 Å². The molecule has 0 aromatic heterocycles. The zero-order valence-corrected chi connectivity index (χ0v) is 18.1. The molecule has 0 spiro atoms. The number of aliphatic imine (C=N–C) groups is 1. The zero-order chi connectivity index (χ0) is 21.4. The minimum absolute atomic E-state index is 0.309. The van der Waals surface area contributed by atoms with Gasteiger partial charge in [0, 0.05) is 51.3 Å². The first kappa shape index (κ1) is 20.7. The Balaban J connectivity index is 1.58. The number of guanidine groups is 1. The Morgan fingerprint density at radius 3 is 2.50 bits per heavy atom. The van der Waals surface area contributed by atoms with Crippen molar-refractivity contribution in [2.75, 3.05) is 39.8 Å². The van der Waals surface area contributed by atoms with Crippen molar-refractivity contribution in [3.63, 3.8) is 0 Å². The van der Waals surface area contributed by atoms with Crippen molar-refractivity contribution >= 4 is 29.5 Å². The van der Waals surface area contributed by atoms with E-state index >= 15 is 0 Å². The maximum atomic E-state index is 12.8. The van der Waals surface area contributed by atoms with Crippen molar-refractivity contribution in [3.05, 3.63) is 47.0 Å². The number of hydrogen-bond donors (Lipinski definition) is 1. The van der Waals surface area contributed by atoms with E-state index in [0.717, 1.165) is 49.8 Å². The van der Waals surface area contributed by atoms with E-state index in [1.807, 2.05) is 36.1 Å². The van der Waals surface area contributed by atoms with Gasteiger partial charge < -0.3 is 14.7 Å². The summed E-state index contributed by atoms with van der Waals surface area (Å²) in [5.41, 5.74) is 2.18. The van der Waals surface area contributed by atoms with E-state index in [0.29, 0.717) is 11.6 Å². The topological polar surface area (TPSA) is 71.5 Å². The lowest BCUT2D eigenvalue weighted by Gasteiger charge is -2.40. The Morgan fingerprint density at radius 2 is 1.87 bits per heavy atom. The van der Waals surface area contributed by atoms with Crippen LogP contribution in [0.1, 0.15) is 12.5 Å². The van der Waals surface area contributed by atoms with Crippen LogP contribution in [-0.2, 0) is 11.3 Å². The number of benzene rings is 1. The smallest absolute Gasteiger partial charge is 0.325 e. The van der Waals surface area contributed by atoms with Gasteiger partial charge in [-0.2, -0.15) is 0 Å². The molecule has 160 valence electrons. The minimum Gasteiger partial charge on any atom is -0.340 e. The highest BCUT2D eigenvalue weighted by Crippen LogP contribution is 2.28. The predicted molar refractivity (Wildman–Crippen MR) is 116 cm³/mol. The van der Waals surface area contributed by atoms with E-state index in [-0.39, 0.29) is 5.91 Å². The number of amides is 3. The number of fused-ring (bicyclic) bond motifs is 1. The van der Waals surface area contributed by atoms with Crippen LogP contribution in [0, 0.1) is 0 Å². The highest BCUT2D eigenvalue weighted by Gasteiger charge is 2.49. The van der Waals surface area contributed by atoms with E-state index in [9.17, 15) is 9.59 Å². The third kappa shape index (κ3) is 4.02. The number of nitrogens with one attached hydrogen (secondary N) is 1. The van der Waals surface area contributed by atoms with E-state index in [2.05, 4.69) is 21.7 Å². The SMILES string of the molecule is C=C(C)CN1CCN(C2=NC3C(C(=O)NC(=O)N3C)N2Cc2ccc(Cl)cc2)CC1. The number of imide groups is 1. The lowest BCUT2D eigenvalue weighted by molar-refractivity contribution is -0.127. The Morgan fingerprint density at radius 1 is 1.20 bits per heavy atom. The van der Waals surface area contributed by atoms with Crippen LogP contribution < -0.4 is 5.32 Å². The van der Waals surface area contributed by atoms with Gasteiger partial charge in [0.15, 0.2) is 18.2 Å². The van der Waals surface area contributed by atoms with Gasteiger partial charge in [-0.25, -0.2) is 9.79 Å². The first-order valence-corrected chi connectivity index (χ1v) is 10.5. The van der Waals surface area contributed by atoms with Gasteiger partial charge in [0.1, 0.15) is 0 Å². The second kappa shape index (κ2) is 8.28. The van der Waals surface area contributed by atoms with Crippen LogP contribution in [0.15, 0.2) is 41.4 Å². The first-order chi connectivity index (χ1) is 14.3. The number of halogens is 1. The monoisotopic (exact) mass is 430 g/mol. The molecule has 3 amide bonds. The van der Waals surface area contributed by atoms with Crippen LogP contribution in [0.3, 0.4) is 0 Å². The Labute approximate surface area is 181 Å². The number of hydrogen-bond acceptors (Lipinski definition) is 6. The summed E-state index contributed by atoms with van der Waals surface area (Å²) in [7, 11) is 1.68. The maximum Gasteiger partial charge on any atom is 0.325 e. The number of rotatable bonds is 4. The third-order valence-corrected chi connectivity index (χ3v) is 6.01. The number of nitrogens with zero attached hydrogens (tertiary/aromatic N) is 5. The summed E-state index contributed by atoms with van der Waals surface area (Å²) in [5, 5.41) is 3.12. The molecule has 1 aromatic rings. The third-order valence-electron chi connectivity index (χ3n) is 5.75. The Bertz CT molecular complexity index is 878. The molecule has 0 aliphatic carbocycles. The van der Waals surface area contributed by atoms with E-state index in [1.54, 1.807) is 7.05 Å². The fourth-order valence-corrected chi connectivity index (χ4v) is 4.34. The Hall–Kier alpha value is -2.58. The largest absolute Gasteiger partial charge is 0.340 e. The normalized spacial score (nSPS) is 24.6. The van der Waals surface area contributed by atoms with E-state index in [1.165, 1.54) is 4.90 Å². The quantitative estimate of drug-likeness (QED) is 0.734. The number of urea groups is 1. The van der Waals surface area contributed by atoms with Gasteiger partial charge in [0.25, 0.3) is 5.91 Å². The molecule has 8 nitrogen and oxygen atoms in total. The zero-order valence-electron chi connectivity index (χ0n) is 17.3. The van der Waals surface area contributed by atoms with Crippen molar-refractivity contribution in [1.82, 2.24) is 24.9 Å². The molecule has 9 heteroatoms. The molecule has 2 unspecified atom stereocenters. The lowest BCUT2D eigenvalue weighted by atomic mass is 10.1. The molecule has 4 rings (SSSR count). The molecular weight excluding hydrogens is 404 g/mol. The molecule has 1 N–H and O–H groups in total. The van der Waals surface area contributed by atoms with Gasteiger partial charge in [-0.3, -0.25) is 15.0 Å². The fourth-order valence-electron chi connectivity index (χ4n) is 4.22. The van der Waals surface area contributed by atoms with Crippen LogP contribution in [0.5, 0.6) is 0 Å². The highest BCUT2D eigenvalue weighted by molar-refractivity contribution is 6.30. The molecule has 1 aromatic carbocycles. The van der Waals surface area contributed by atoms with Crippen molar-refractivity contribution in [2.45, 2.75) is 25.7 Å². The van der Waals surface area contributed by atoms with Crippen molar-refractivity contribution in [1.29, 1.82) is 0 Å². The van der Waals surface area contributed by atoms with E-state index < -0.39 is 18.2 Å². The highest BCUT2D eigenvalue weighted by atomic mass is 35.5. The van der Waals surface area contributed by atoms with Crippen molar-refractivity contribution in [2.24, 2.45) is 4.99 Å². The number of piperazine rings is 1. The second-order valence-corrected chi connectivity index (χ2v) is 8.60. The average molecular weight is 431 g/mol. The van der Waals surface area contributed by atoms with Crippen LogP contribution >= 0.6 is 11.6 Å². The molecule has 2 saturated heterocycles. The molecule has 2 atom stereocenters. The van der Waals surface area contributed by atoms with Crippen LogP contribution in [0.2, 0.25) is 5.02 Å². The number of carbonyl (C=O) groups is 2. The summed E-state index contributed by atoms with van der Waals surface area (Å²) >= 11 is 6.03. The van der Waals surface area contributed by atoms with Gasteiger partial charge in [0.2, 0.25) is 0 Å². The summed E-state index contributed by atoms with van der Waals surface area (Å²) in [6.45, 7) is 10.9. The van der Waals surface area contributed by atoms with Crippen LogP contribution in [0.4, 0.5) is 4.79 Å². The van der Waals surface area contributed by atoms with Crippen LogP contribution in [-0.4, -0.2) is 89.5 Å². The summed E-state index contributed by atoms with van der Waals surface area (Å²) < 4.78 is 0. The molecular formula is C21H27ClN6O2. The second-order valence-electron chi connectivity index (χ2n) is 8.17.